The van der Waals surface area contributed by atoms with Crippen molar-refractivity contribution in [1.82, 2.24) is 5.32 Å². The number of piperazine rings is 1. The predicted octanol–water partition coefficient (Wildman–Crippen LogP) is 2.39. The number of nitrogens with zero attached hydrogens (tertiary/aromatic N) is 1. The van der Waals surface area contributed by atoms with Gasteiger partial charge < -0.3 is 5.32 Å². The average Bonchev–Trinajstić information content (AvgIpc) is 3.21. The summed E-state index contributed by atoms with van der Waals surface area (Å²) in [5, 5.41) is 2.86. The van der Waals surface area contributed by atoms with E-state index in [2.05, 4.69) is 21.2 Å². The van der Waals surface area contributed by atoms with E-state index in [1.165, 1.54) is 0 Å². The second-order valence-electron chi connectivity index (χ2n) is 5.66. The van der Waals surface area contributed by atoms with Crippen molar-refractivity contribution >= 4 is 33.4 Å². The van der Waals surface area contributed by atoms with Crippen LogP contribution in [0.1, 0.15) is 25.3 Å². The molecule has 1 saturated carbocycles. The van der Waals surface area contributed by atoms with Crippen LogP contribution < -0.4 is 10.2 Å². The number of amides is 2. The number of nitrogens with one attached hydrogen (secondary N) is 1. The molecule has 0 radical (unpaired) electrons. The SMILES string of the molecule is Cc1ccc(N2C(=O)C(C3CC3)NC(=O)C2C)c(Br)c1. The summed E-state index contributed by atoms with van der Waals surface area (Å²) < 4.78 is 0.849. The first-order valence-corrected chi connectivity index (χ1v) is 7.68. The predicted molar refractivity (Wildman–Crippen MR) is 80.5 cm³/mol. The van der Waals surface area contributed by atoms with Gasteiger partial charge in [-0.05, 0) is 66.2 Å². The first-order chi connectivity index (χ1) is 9.49. The Bertz CT molecular complexity index is 583. The van der Waals surface area contributed by atoms with Crippen molar-refractivity contribution < 1.29 is 9.59 Å². The smallest absolute Gasteiger partial charge is 0.250 e. The number of carbonyl (C=O) groups excluding carboxylic acids is 2. The molecule has 4 nitrogen and oxygen atoms in total. The minimum Gasteiger partial charge on any atom is -0.342 e. The minimum atomic E-state index is -0.475. The number of hydrogen-bond acceptors (Lipinski definition) is 2. The van der Waals surface area contributed by atoms with Gasteiger partial charge in [-0.2, -0.15) is 0 Å². The largest absolute Gasteiger partial charge is 0.342 e. The van der Waals surface area contributed by atoms with E-state index < -0.39 is 6.04 Å². The maximum Gasteiger partial charge on any atom is 0.250 e. The van der Waals surface area contributed by atoms with Gasteiger partial charge in [-0.15, -0.1) is 0 Å². The van der Waals surface area contributed by atoms with Gasteiger partial charge in [0.05, 0.1) is 5.69 Å². The van der Waals surface area contributed by atoms with Crippen LogP contribution in [-0.4, -0.2) is 23.9 Å². The summed E-state index contributed by atoms with van der Waals surface area (Å²) in [5.74, 6) is 0.240. The molecule has 1 aromatic carbocycles. The molecule has 1 saturated heterocycles. The van der Waals surface area contributed by atoms with Crippen molar-refractivity contribution in [2.24, 2.45) is 5.92 Å². The molecule has 2 aliphatic rings. The van der Waals surface area contributed by atoms with Crippen LogP contribution in [0.2, 0.25) is 0 Å². The van der Waals surface area contributed by atoms with E-state index in [1.54, 1.807) is 11.8 Å². The Kier molecular flexibility index (Phi) is 3.32. The lowest BCUT2D eigenvalue weighted by Crippen LogP contribution is -2.63. The summed E-state index contributed by atoms with van der Waals surface area (Å²) >= 11 is 3.50. The van der Waals surface area contributed by atoms with E-state index in [0.717, 1.165) is 28.6 Å². The van der Waals surface area contributed by atoms with Gasteiger partial charge in [-0.25, -0.2) is 0 Å². The van der Waals surface area contributed by atoms with E-state index in [0.29, 0.717) is 5.92 Å². The van der Waals surface area contributed by atoms with Crippen LogP contribution in [0.3, 0.4) is 0 Å². The van der Waals surface area contributed by atoms with Crippen molar-refractivity contribution in [2.75, 3.05) is 4.90 Å². The molecule has 3 rings (SSSR count). The molecule has 106 valence electrons. The fourth-order valence-corrected chi connectivity index (χ4v) is 3.36. The summed E-state index contributed by atoms with van der Waals surface area (Å²) in [6.45, 7) is 3.76. The van der Waals surface area contributed by atoms with Crippen molar-refractivity contribution in [3.63, 3.8) is 0 Å². The van der Waals surface area contributed by atoms with Crippen molar-refractivity contribution in [2.45, 2.75) is 38.8 Å². The lowest BCUT2D eigenvalue weighted by molar-refractivity contribution is -0.134. The van der Waals surface area contributed by atoms with Crippen LogP contribution in [0.15, 0.2) is 22.7 Å². The van der Waals surface area contributed by atoms with E-state index in [-0.39, 0.29) is 17.9 Å². The van der Waals surface area contributed by atoms with Gasteiger partial charge in [0.15, 0.2) is 0 Å². The molecule has 1 heterocycles. The van der Waals surface area contributed by atoms with Crippen molar-refractivity contribution in [3.8, 4) is 0 Å². The summed E-state index contributed by atoms with van der Waals surface area (Å²) in [6.07, 6.45) is 2.04. The molecule has 1 aromatic rings. The van der Waals surface area contributed by atoms with Gasteiger partial charge in [0.1, 0.15) is 12.1 Å². The summed E-state index contributed by atoms with van der Waals surface area (Å²) in [4.78, 5) is 26.4. The van der Waals surface area contributed by atoms with Gasteiger partial charge in [-0.3, -0.25) is 14.5 Å². The summed E-state index contributed by atoms with van der Waals surface area (Å²) in [7, 11) is 0. The number of hydrogen-bond donors (Lipinski definition) is 1. The zero-order valence-corrected chi connectivity index (χ0v) is 13.1. The Hall–Kier alpha value is -1.36. The highest BCUT2D eigenvalue weighted by atomic mass is 79.9. The maximum absolute atomic E-state index is 12.7. The van der Waals surface area contributed by atoms with Crippen molar-refractivity contribution in [1.29, 1.82) is 0 Å². The Morgan fingerprint density at radius 2 is 2.00 bits per heavy atom. The van der Waals surface area contributed by atoms with Crippen LogP contribution in [0, 0.1) is 12.8 Å². The third-order valence-electron chi connectivity index (χ3n) is 4.02. The molecule has 1 N–H and O–H groups in total. The van der Waals surface area contributed by atoms with Crippen LogP contribution in [0.5, 0.6) is 0 Å². The molecular formula is C15H17BrN2O2. The summed E-state index contributed by atoms with van der Waals surface area (Å²) in [6, 6.07) is 4.99. The highest BCUT2D eigenvalue weighted by Gasteiger charge is 2.46. The standard InChI is InChI=1S/C15H17BrN2O2/c1-8-3-6-12(11(16)7-8)18-9(2)14(19)17-13(15(18)20)10-4-5-10/h3,6-7,9-10,13H,4-5H2,1-2H3,(H,17,19). The molecule has 0 aromatic heterocycles. The number of rotatable bonds is 2. The van der Waals surface area contributed by atoms with Crippen LogP contribution in [0.25, 0.3) is 0 Å². The topological polar surface area (TPSA) is 49.4 Å². The van der Waals surface area contributed by atoms with Gasteiger partial charge in [-0.1, -0.05) is 6.07 Å². The molecule has 5 heteroatoms. The molecule has 0 bridgehead atoms. The van der Waals surface area contributed by atoms with Gasteiger partial charge in [0.25, 0.3) is 5.91 Å². The molecule has 1 aliphatic heterocycles. The third kappa shape index (κ3) is 2.24. The van der Waals surface area contributed by atoms with Crippen LogP contribution in [-0.2, 0) is 9.59 Å². The van der Waals surface area contributed by atoms with Crippen molar-refractivity contribution in [3.05, 3.63) is 28.2 Å². The molecule has 2 unspecified atom stereocenters. The highest BCUT2D eigenvalue weighted by molar-refractivity contribution is 9.10. The molecular weight excluding hydrogens is 320 g/mol. The number of halogens is 1. The zero-order chi connectivity index (χ0) is 14.4. The molecule has 2 atom stereocenters. The number of anilines is 1. The maximum atomic E-state index is 12.7. The average molecular weight is 337 g/mol. The number of benzene rings is 1. The first kappa shape index (κ1) is 13.6. The van der Waals surface area contributed by atoms with Crippen LogP contribution >= 0.6 is 15.9 Å². The Morgan fingerprint density at radius 1 is 1.30 bits per heavy atom. The van der Waals surface area contributed by atoms with E-state index in [1.807, 2.05) is 25.1 Å². The fourth-order valence-electron chi connectivity index (χ4n) is 2.68. The second kappa shape index (κ2) is 4.88. The quantitative estimate of drug-likeness (QED) is 0.901. The Balaban J connectivity index is 1.99. The monoisotopic (exact) mass is 336 g/mol. The fraction of sp³-hybridized carbons (Fsp3) is 0.467. The van der Waals surface area contributed by atoms with E-state index >= 15 is 0 Å². The second-order valence-corrected chi connectivity index (χ2v) is 6.52. The Labute approximate surface area is 126 Å². The number of aryl methyl sites for hydroxylation is 1. The third-order valence-corrected chi connectivity index (χ3v) is 4.66. The van der Waals surface area contributed by atoms with Gasteiger partial charge in [0, 0.05) is 4.47 Å². The number of carbonyl (C=O) groups is 2. The first-order valence-electron chi connectivity index (χ1n) is 6.88. The normalized spacial score (nSPS) is 26.6. The minimum absolute atomic E-state index is 0.00385. The van der Waals surface area contributed by atoms with Crippen LogP contribution in [0.4, 0.5) is 5.69 Å². The summed E-state index contributed by atoms with van der Waals surface area (Å²) in [5.41, 5.74) is 1.88. The molecule has 1 aliphatic carbocycles. The molecule has 0 spiro atoms. The van der Waals surface area contributed by atoms with Gasteiger partial charge in [0.2, 0.25) is 5.91 Å². The highest BCUT2D eigenvalue weighted by Crippen LogP contribution is 2.37. The lowest BCUT2D eigenvalue weighted by atomic mass is 10.0. The lowest BCUT2D eigenvalue weighted by Gasteiger charge is -2.38. The van der Waals surface area contributed by atoms with E-state index in [4.69, 9.17) is 0 Å². The molecule has 20 heavy (non-hydrogen) atoms. The molecule has 2 amide bonds. The van der Waals surface area contributed by atoms with E-state index in [9.17, 15) is 9.59 Å². The Morgan fingerprint density at radius 3 is 2.60 bits per heavy atom. The zero-order valence-electron chi connectivity index (χ0n) is 11.5. The molecule has 2 fully saturated rings. The van der Waals surface area contributed by atoms with Gasteiger partial charge >= 0.3 is 0 Å².